The van der Waals surface area contributed by atoms with E-state index in [2.05, 4.69) is 20.5 Å². The zero-order valence-corrected chi connectivity index (χ0v) is 20.2. The van der Waals surface area contributed by atoms with Gasteiger partial charge in [-0.2, -0.15) is 0 Å². The van der Waals surface area contributed by atoms with Gasteiger partial charge in [0.1, 0.15) is 11.9 Å². The molecule has 1 fully saturated rings. The van der Waals surface area contributed by atoms with Crippen molar-refractivity contribution in [3.8, 4) is 0 Å². The lowest BCUT2D eigenvalue weighted by molar-refractivity contribution is -0.139. The molecule has 182 valence electrons. The summed E-state index contributed by atoms with van der Waals surface area (Å²) in [5.74, 6) is 0.0661. The van der Waals surface area contributed by atoms with E-state index in [1.54, 1.807) is 6.20 Å². The van der Waals surface area contributed by atoms with E-state index in [0.717, 1.165) is 47.8 Å². The van der Waals surface area contributed by atoms with Crippen molar-refractivity contribution < 1.29 is 14.7 Å². The maximum Gasteiger partial charge on any atom is 0.326 e. The van der Waals surface area contributed by atoms with Crippen molar-refractivity contribution >= 4 is 23.4 Å². The molecule has 1 aliphatic heterocycles. The Morgan fingerprint density at radius 1 is 1.09 bits per heavy atom. The first-order valence-electron chi connectivity index (χ1n) is 12.1. The molecule has 4 rings (SSSR count). The summed E-state index contributed by atoms with van der Waals surface area (Å²) >= 11 is 0. The molecular formula is C28H32N4O3. The number of aryl methyl sites for hydroxylation is 2. The molecule has 1 amide bonds. The van der Waals surface area contributed by atoms with Crippen LogP contribution in [0.2, 0.25) is 0 Å². The van der Waals surface area contributed by atoms with Gasteiger partial charge in [-0.3, -0.25) is 4.79 Å². The fourth-order valence-electron chi connectivity index (χ4n) is 4.48. The van der Waals surface area contributed by atoms with E-state index < -0.39 is 12.0 Å². The number of hydrogen-bond donors (Lipinski definition) is 3. The van der Waals surface area contributed by atoms with Crippen LogP contribution in [0, 0.1) is 12.8 Å². The number of benzene rings is 2. The Morgan fingerprint density at radius 3 is 2.51 bits per heavy atom. The fourth-order valence-corrected chi connectivity index (χ4v) is 4.48. The summed E-state index contributed by atoms with van der Waals surface area (Å²) in [4.78, 5) is 31.4. The highest BCUT2D eigenvalue weighted by atomic mass is 16.4. The summed E-state index contributed by atoms with van der Waals surface area (Å²) in [5, 5.41) is 15.8. The highest BCUT2D eigenvalue weighted by Crippen LogP contribution is 2.25. The maximum atomic E-state index is 12.9. The number of rotatable bonds is 10. The number of carboxylic acids is 1. The van der Waals surface area contributed by atoms with Gasteiger partial charge in [0.15, 0.2) is 0 Å². The Kier molecular flexibility index (Phi) is 7.65. The third kappa shape index (κ3) is 5.98. The first-order chi connectivity index (χ1) is 16.9. The van der Waals surface area contributed by atoms with Crippen molar-refractivity contribution in [3.63, 3.8) is 0 Å². The Hall–Kier alpha value is -3.87. The second-order valence-corrected chi connectivity index (χ2v) is 9.06. The molecule has 0 radical (unpaired) electrons. The van der Waals surface area contributed by atoms with Crippen LogP contribution >= 0.6 is 0 Å². The number of amides is 1. The molecule has 35 heavy (non-hydrogen) atoms. The molecule has 1 atom stereocenters. The molecule has 2 aromatic carbocycles. The van der Waals surface area contributed by atoms with E-state index in [9.17, 15) is 14.7 Å². The molecule has 1 saturated heterocycles. The van der Waals surface area contributed by atoms with Crippen molar-refractivity contribution in [3.05, 3.63) is 89.1 Å². The monoisotopic (exact) mass is 472 g/mol. The van der Waals surface area contributed by atoms with Gasteiger partial charge in [0.25, 0.3) is 5.91 Å². The number of carbonyl (C=O) groups excluding carboxylic acids is 1. The summed E-state index contributed by atoms with van der Waals surface area (Å²) < 4.78 is 0. The predicted molar refractivity (Wildman–Crippen MR) is 138 cm³/mol. The number of pyridine rings is 1. The third-order valence-electron chi connectivity index (χ3n) is 6.51. The first-order valence-corrected chi connectivity index (χ1v) is 12.1. The van der Waals surface area contributed by atoms with Crippen molar-refractivity contribution in [1.82, 2.24) is 10.3 Å². The van der Waals surface area contributed by atoms with Gasteiger partial charge >= 0.3 is 5.97 Å². The van der Waals surface area contributed by atoms with E-state index in [1.165, 1.54) is 0 Å². The van der Waals surface area contributed by atoms with Gasteiger partial charge in [0, 0.05) is 49.4 Å². The van der Waals surface area contributed by atoms with Gasteiger partial charge in [-0.1, -0.05) is 43.3 Å². The number of nitrogens with zero attached hydrogens (tertiary/aromatic N) is 2. The van der Waals surface area contributed by atoms with Crippen molar-refractivity contribution in [2.75, 3.05) is 29.9 Å². The number of hydrogen-bond acceptors (Lipinski definition) is 5. The zero-order chi connectivity index (χ0) is 24.8. The normalized spacial score (nSPS) is 14.2. The van der Waals surface area contributed by atoms with Crippen LogP contribution < -0.4 is 15.5 Å². The molecule has 2 heterocycles. The largest absolute Gasteiger partial charge is 0.480 e. The quantitative estimate of drug-likeness (QED) is 0.414. The third-order valence-corrected chi connectivity index (χ3v) is 6.51. The highest BCUT2D eigenvalue weighted by molar-refractivity contribution is 5.99. The smallest absolute Gasteiger partial charge is 0.326 e. The van der Waals surface area contributed by atoms with Crippen LogP contribution in [0.3, 0.4) is 0 Å². The molecule has 1 aliphatic rings. The van der Waals surface area contributed by atoms with Crippen molar-refractivity contribution in [2.45, 2.75) is 32.7 Å². The standard InChI is InChI=1S/C28H32N4O3/c1-3-22-8-6-7-19(2)26(22)27(33)31-24(28(34)35)15-20-10-12-23(13-11-20)32-17-21(18-32)16-30-25-9-4-5-14-29-25/h4-14,21,24H,3,15-18H2,1-2H3,(H,29,30)(H,31,33)(H,34,35). The molecule has 1 aromatic heterocycles. The summed E-state index contributed by atoms with van der Waals surface area (Å²) in [7, 11) is 0. The van der Waals surface area contributed by atoms with Crippen molar-refractivity contribution in [1.29, 1.82) is 0 Å². The maximum absolute atomic E-state index is 12.9. The predicted octanol–water partition coefficient (Wildman–Crippen LogP) is 3.93. The summed E-state index contributed by atoms with van der Waals surface area (Å²) in [5.41, 5.74) is 4.32. The fraction of sp³-hybridized carbons (Fsp3) is 0.321. The zero-order valence-electron chi connectivity index (χ0n) is 20.2. The molecule has 0 bridgehead atoms. The van der Waals surface area contributed by atoms with Gasteiger partial charge in [-0.15, -0.1) is 0 Å². The van der Waals surface area contributed by atoms with Crippen LogP contribution in [0.15, 0.2) is 66.9 Å². The minimum atomic E-state index is -1.04. The minimum Gasteiger partial charge on any atom is -0.480 e. The highest BCUT2D eigenvalue weighted by Gasteiger charge is 2.27. The number of anilines is 2. The number of aromatic nitrogens is 1. The minimum absolute atomic E-state index is 0.227. The van der Waals surface area contributed by atoms with Gasteiger partial charge in [0.2, 0.25) is 0 Å². The van der Waals surface area contributed by atoms with Crippen molar-refractivity contribution in [2.24, 2.45) is 5.92 Å². The van der Waals surface area contributed by atoms with Crippen LogP contribution in [-0.2, 0) is 17.6 Å². The Labute approximate surface area is 206 Å². The van der Waals surface area contributed by atoms with Crippen LogP contribution in [0.4, 0.5) is 11.5 Å². The average Bonchev–Trinajstić information content (AvgIpc) is 2.83. The second kappa shape index (κ2) is 11.0. The van der Waals surface area contributed by atoms with Gasteiger partial charge < -0.3 is 20.6 Å². The SMILES string of the molecule is CCc1cccc(C)c1C(=O)NC(Cc1ccc(N2CC(CNc3ccccn3)C2)cc1)C(=O)O. The molecule has 1 unspecified atom stereocenters. The summed E-state index contributed by atoms with van der Waals surface area (Å²) in [6, 6.07) is 18.5. The molecule has 0 aliphatic carbocycles. The van der Waals surface area contributed by atoms with Gasteiger partial charge in [0.05, 0.1) is 0 Å². The van der Waals surface area contributed by atoms with E-state index in [-0.39, 0.29) is 12.3 Å². The van der Waals surface area contributed by atoms with E-state index in [0.29, 0.717) is 17.9 Å². The number of nitrogens with one attached hydrogen (secondary N) is 2. The topological polar surface area (TPSA) is 94.6 Å². The van der Waals surface area contributed by atoms with Crippen LogP contribution in [0.5, 0.6) is 0 Å². The van der Waals surface area contributed by atoms with E-state index >= 15 is 0 Å². The molecular weight excluding hydrogens is 440 g/mol. The number of aliphatic carboxylic acids is 1. The molecule has 7 heteroatoms. The summed E-state index contributed by atoms with van der Waals surface area (Å²) in [6.07, 6.45) is 2.72. The lowest BCUT2D eigenvalue weighted by atomic mass is 9.97. The van der Waals surface area contributed by atoms with Crippen LogP contribution in [0.25, 0.3) is 0 Å². The second-order valence-electron chi connectivity index (χ2n) is 9.06. The molecule has 0 spiro atoms. The van der Waals surface area contributed by atoms with Gasteiger partial charge in [-0.05, 0) is 54.3 Å². The first kappa shape index (κ1) is 24.3. The van der Waals surface area contributed by atoms with Crippen LogP contribution in [0.1, 0.15) is 34.0 Å². The number of carbonyl (C=O) groups is 2. The molecule has 0 saturated carbocycles. The Balaban J connectivity index is 1.31. The summed E-state index contributed by atoms with van der Waals surface area (Å²) in [6.45, 7) is 6.66. The molecule has 3 N–H and O–H groups in total. The van der Waals surface area contributed by atoms with Crippen LogP contribution in [-0.4, -0.2) is 47.6 Å². The Bertz CT molecular complexity index is 1160. The average molecular weight is 473 g/mol. The lowest BCUT2D eigenvalue weighted by Crippen LogP contribution is -2.49. The Morgan fingerprint density at radius 2 is 1.86 bits per heavy atom. The van der Waals surface area contributed by atoms with E-state index in [1.807, 2.05) is 74.5 Å². The molecule has 7 nitrogen and oxygen atoms in total. The van der Waals surface area contributed by atoms with Gasteiger partial charge in [-0.25, -0.2) is 9.78 Å². The lowest BCUT2D eigenvalue weighted by Gasteiger charge is -2.41. The van der Waals surface area contributed by atoms with E-state index in [4.69, 9.17) is 0 Å². The number of carboxylic acid groups (broad SMARTS) is 1. The molecule has 3 aromatic rings.